The monoisotopic (exact) mass is 319 g/mol. The molecule has 6 nitrogen and oxygen atoms in total. The van der Waals surface area contributed by atoms with Gasteiger partial charge in [-0.3, -0.25) is 0 Å². The summed E-state index contributed by atoms with van der Waals surface area (Å²) >= 11 is 0. The van der Waals surface area contributed by atoms with E-state index in [2.05, 4.69) is 23.9 Å². The Balaban J connectivity index is 1.92. The molecule has 0 aromatic carbocycles. The van der Waals surface area contributed by atoms with Crippen molar-refractivity contribution in [1.29, 1.82) is 0 Å². The normalized spacial score (nSPS) is 31.9. The van der Waals surface area contributed by atoms with Crippen LogP contribution in [-0.2, 0) is 14.9 Å². The molecular formula is C14H29N3O3S. The van der Waals surface area contributed by atoms with E-state index in [1.165, 1.54) is 0 Å². The summed E-state index contributed by atoms with van der Waals surface area (Å²) in [4.78, 5) is 0. The Morgan fingerprint density at radius 1 is 1.43 bits per heavy atom. The van der Waals surface area contributed by atoms with Crippen LogP contribution in [0.1, 0.15) is 40.0 Å². The maximum Gasteiger partial charge on any atom is 0.280 e. The Hall–Kier alpha value is -0.210. The van der Waals surface area contributed by atoms with E-state index < -0.39 is 15.7 Å². The summed E-state index contributed by atoms with van der Waals surface area (Å²) in [6.45, 7) is 9.32. The highest BCUT2D eigenvalue weighted by Crippen LogP contribution is 2.23. The topological polar surface area (TPSA) is 70.7 Å². The first-order chi connectivity index (χ1) is 9.81. The molecule has 0 aromatic rings. The van der Waals surface area contributed by atoms with Crippen LogP contribution >= 0.6 is 0 Å². The standard InChI is InChI=1S/C14H29N3O3S/c1-12(2)15-9-13-5-4-7-17(10-13)21(18,19)16-14(3)6-8-20-11-14/h12-13,15-16H,4-11H2,1-3H3. The molecule has 0 amide bonds. The van der Waals surface area contributed by atoms with Gasteiger partial charge in [0.25, 0.3) is 10.2 Å². The minimum atomic E-state index is -3.42. The lowest BCUT2D eigenvalue weighted by Gasteiger charge is -2.35. The maximum atomic E-state index is 12.6. The third kappa shape index (κ3) is 4.89. The average Bonchev–Trinajstić information content (AvgIpc) is 2.82. The number of ether oxygens (including phenoxy) is 1. The van der Waals surface area contributed by atoms with E-state index in [0.29, 0.717) is 38.3 Å². The van der Waals surface area contributed by atoms with Crippen molar-refractivity contribution in [1.82, 2.24) is 14.3 Å². The maximum absolute atomic E-state index is 12.6. The molecular weight excluding hydrogens is 290 g/mol. The van der Waals surface area contributed by atoms with Crippen molar-refractivity contribution >= 4 is 10.2 Å². The molecule has 0 aromatic heterocycles. The fourth-order valence-corrected chi connectivity index (χ4v) is 4.63. The Kier molecular flexibility index (Phi) is 5.65. The van der Waals surface area contributed by atoms with Crippen molar-refractivity contribution in [3.05, 3.63) is 0 Å². The molecule has 21 heavy (non-hydrogen) atoms. The van der Waals surface area contributed by atoms with Gasteiger partial charge in [-0.25, -0.2) is 0 Å². The summed E-state index contributed by atoms with van der Waals surface area (Å²) in [5.41, 5.74) is -0.456. The lowest BCUT2D eigenvalue weighted by Crippen LogP contribution is -2.55. The molecule has 2 heterocycles. The second-order valence-corrected chi connectivity index (χ2v) is 8.57. The van der Waals surface area contributed by atoms with E-state index in [4.69, 9.17) is 4.74 Å². The Morgan fingerprint density at radius 3 is 2.81 bits per heavy atom. The van der Waals surface area contributed by atoms with E-state index >= 15 is 0 Å². The zero-order chi connectivity index (χ0) is 15.5. The van der Waals surface area contributed by atoms with E-state index in [0.717, 1.165) is 25.8 Å². The molecule has 0 spiro atoms. The molecule has 2 unspecified atom stereocenters. The molecule has 0 aliphatic carbocycles. The minimum absolute atomic E-state index is 0.394. The molecule has 124 valence electrons. The number of hydrogen-bond acceptors (Lipinski definition) is 4. The molecule has 0 bridgehead atoms. The largest absolute Gasteiger partial charge is 0.379 e. The van der Waals surface area contributed by atoms with Gasteiger partial charge < -0.3 is 10.1 Å². The Morgan fingerprint density at radius 2 is 2.19 bits per heavy atom. The van der Waals surface area contributed by atoms with E-state index in [1.54, 1.807) is 4.31 Å². The summed E-state index contributed by atoms with van der Waals surface area (Å²) in [6, 6.07) is 0.435. The van der Waals surface area contributed by atoms with Crippen molar-refractivity contribution in [2.45, 2.75) is 51.6 Å². The van der Waals surface area contributed by atoms with Crippen LogP contribution in [0.3, 0.4) is 0 Å². The van der Waals surface area contributed by atoms with Gasteiger partial charge >= 0.3 is 0 Å². The van der Waals surface area contributed by atoms with Gasteiger partial charge in [0.05, 0.1) is 12.1 Å². The van der Waals surface area contributed by atoms with Crippen LogP contribution in [0.4, 0.5) is 0 Å². The number of piperidine rings is 1. The summed E-state index contributed by atoms with van der Waals surface area (Å²) in [6.07, 6.45) is 2.75. The highest BCUT2D eigenvalue weighted by Gasteiger charge is 2.37. The first-order valence-corrected chi connectivity index (χ1v) is 9.35. The summed E-state index contributed by atoms with van der Waals surface area (Å²) in [7, 11) is -3.42. The van der Waals surface area contributed by atoms with Crippen molar-refractivity contribution in [3.63, 3.8) is 0 Å². The third-order valence-corrected chi connectivity index (χ3v) is 5.99. The summed E-state index contributed by atoms with van der Waals surface area (Å²) in [5.74, 6) is 0.394. The Labute approximate surface area is 128 Å². The van der Waals surface area contributed by atoms with Gasteiger partial charge in [-0.2, -0.15) is 17.4 Å². The van der Waals surface area contributed by atoms with Gasteiger partial charge in [-0.05, 0) is 38.6 Å². The fourth-order valence-electron chi connectivity index (χ4n) is 2.94. The zero-order valence-electron chi connectivity index (χ0n) is 13.4. The molecule has 2 N–H and O–H groups in total. The van der Waals surface area contributed by atoms with E-state index in [1.807, 2.05) is 6.92 Å². The highest BCUT2D eigenvalue weighted by atomic mass is 32.2. The molecule has 2 atom stereocenters. The number of hydrogen-bond donors (Lipinski definition) is 2. The lowest BCUT2D eigenvalue weighted by molar-refractivity contribution is 0.176. The van der Waals surface area contributed by atoms with Crippen molar-refractivity contribution in [2.75, 3.05) is 32.8 Å². The van der Waals surface area contributed by atoms with Gasteiger partial charge in [-0.15, -0.1) is 0 Å². The van der Waals surface area contributed by atoms with E-state index in [9.17, 15) is 8.42 Å². The zero-order valence-corrected chi connectivity index (χ0v) is 14.2. The molecule has 2 aliphatic rings. The van der Waals surface area contributed by atoms with Gasteiger partial charge in [-0.1, -0.05) is 13.8 Å². The van der Waals surface area contributed by atoms with Crippen LogP contribution in [0.15, 0.2) is 0 Å². The molecule has 7 heteroatoms. The number of nitrogens with zero attached hydrogens (tertiary/aromatic N) is 1. The summed E-state index contributed by atoms with van der Waals surface area (Å²) in [5, 5.41) is 3.41. The van der Waals surface area contributed by atoms with Gasteiger partial charge in [0, 0.05) is 25.7 Å². The quantitative estimate of drug-likeness (QED) is 0.756. The van der Waals surface area contributed by atoms with Crippen LogP contribution in [0, 0.1) is 5.92 Å². The second kappa shape index (κ2) is 6.91. The van der Waals surface area contributed by atoms with Crippen LogP contribution in [0.25, 0.3) is 0 Å². The minimum Gasteiger partial charge on any atom is -0.379 e. The molecule has 0 radical (unpaired) electrons. The second-order valence-electron chi connectivity index (χ2n) is 6.90. The first-order valence-electron chi connectivity index (χ1n) is 7.91. The predicted molar refractivity (Wildman–Crippen MR) is 83.3 cm³/mol. The Bertz CT molecular complexity index is 433. The SMILES string of the molecule is CC(C)NCC1CCCN(S(=O)(=O)NC2(C)CCOC2)C1. The molecule has 2 saturated heterocycles. The average molecular weight is 319 g/mol. The fraction of sp³-hybridized carbons (Fsp3) is 1.00. The molecule has 0 saturated carbocycles. The third-order valence-electron chi connectivity index (χ3n) is 4.23. The molecule has 2 aliphatic heterocycles. The summed E-state index contributed by atoms with van der Waals surface area (Å²) < 4.78 is 34.9. The highest BCUT2D eigenvalue weighted by molar-refractivity contribution is 7.87. The van der Waals surface area contributed by atoms with E-state index in [-0.39, 0.29) is 0 Å². The van der Waals surface area contributed by atoms with Crippen LogP contribution in [0.2, 0.25) is 0 Å². The number of rotatable bonds is 6. The van der Waals surface area contributed by atoms with Crippen LogP contribution in [0.5, 0.6) is 0 Å². The van der Waals surface area contributed by atoms with Crippen molar-refractivity contribution in [3.8, 4) is 0 Å². The van der Waals surface area contributed by atoms with Gasteiger partial charge in [0.15, 0.2) is 0 Å². The number of nitrogens with one attached hydrogen (secondary N) is 2. The van der Waals surface area contributed by atoms with Crippen molar-refractivity contribution < 1.29 is 13.2 Å². The van der Waals surface area contributed by atoms with Crippen LogP contribution < -0.4 is 10.0 Å². The molecule has 2 rings (SSSR count). The van der Waals surface area contributed by atoms with Crippen LogP contribution in [-0.4, -0.2) is 57.2 Å². The smallest absolute Gasteiger partial charge is 0.280 e. The predicted octanol–water partition coefficient (Wildman–Crippen LogP) is 0.710. The molecule has 2 fully saturated rings. The van der Waals surface area contributed by atoms with Crippen molar-refractivity contribution in [2.24, 2.45) is 5.92 Å². The lowest BCUT2D eigenvalue weighted by atomic mass is 9.99. The van der Waals surface area contributed by atoms with Gasteiger partial charge in [0.2, 0.25) is 0 Å². The first kappa shape index (κ1) is 17.1. The van der Waals surface area contributed by atoms with Gasteiger partial charge in [0.1, 0.15) is 0 Å².